The highest BCUT2D eigenvalue weighted by molar-refractivity contribution is 7.89. The lowest BCUT2D eigenvalue weighted by Gasteiger charge is -2.34. The fraction of sp³-hybridized carbons (Fsp3) is 0.533. The first kappa shape index (κ1) is 17.7. The van der Waals surface area contributed by atoms with E-state index < -0.39 is 16.0 Å². The van der Waals surface area contributed by atoms with Gasteiger partial charge in [0, 0.05) is 18.8 Å². The molecule has 0 spiro atoms. The van der Waals surface area contributed by atoms with Gasteiger partial charge in [0.2, 0.25) is 10.0 Å². The molecule has 1 aromatic carbocycles. The van der Waals surface area contributed by atoms with Crippen LogP contribution in [0.3, 0.4) is 0 Å². The smallest absolute Gasteiger partial charge is 0.325 e. The molecule has 0 radical (unpaired) electrons. The number of hydrogen-bond acceptors (Lipinski definition) is 6. The Morgan fingerprint density at radius 3 is 2.35 bits per heavy atom. The highest BCUT2D eigenvalue weighted by Gasteiger charge is 2.32. The number of carbonyl (C=O) groups excluding carboxylic acids is 1. The summed E-state index contributed by atoms with van der Waals surface area (Å²) >= 11 is 0. The minimum absolute atomic E-state index is 0.0289. The number of hydrogen-bond donors (Lipinski definition) is 1. The van der Waals surface area contributed by atoms with Crippen LogP contribution in [0.2, 0.25) is 0 Å². The first-order valence-corrected chi connectivity index (χ1v) is 8.83. The van der Waals surface area contributed by atoms with Crippen molar-refractivity contribution in [3.8, 4) is 0 Å². The maximum absolute atomic E-state index is 12.7. The van der Waals surface area contributed by atoms with Crippen LogP contribution < -0.4 is 5.32 Å². The van der Waals surface area contributed by atoms with Crippen LogP contribution in [0.4, 0.5) is 5.69 Å². The lowest BCUT2D eigenvalue weighted by Crippen LogP contribution is -2.48. The zero-order chi connectivity index (χ0) is 17.0. The second-order valence-corrected chi connectivity index (χ2v) is 7.47. The summed E-state index contributed by atoms with van der Waals surface area (Å²) < 4.78 is 36.9. The SMILES string of the molecule is COC(=O)CNc1ccc(S(=O)(=O)N2C[C@@H](C)O[C@H](C)C2)cc1. The van der Waals surface area contributed by atoms with Crippen LogP contribution in [0.15, 0.2) is 29.2 Å². The number of methoxy groups -OCH3 is 1. The van der Waals surface area contributed by atoms with Gasteiger partial charge in [-0.25, -0.2) is 8.42 Å². The number of benzene rings is 1. The van der Waals surface area contributed by atoms with E-state index in [4.69, 9.17) is 4.74 Å². The summed E-state index contributed by atoms with van der Waals surface area (Å²) in [7, 11) is -2.24. The Kier molecular flexibility index (Phi) is 5.61. The average molecular weight is 342 g/mol. The maximum atomic E-state index is 12.7. The summed E-state index contributed by atoms with van der Waals surface area (Å²) in [4.78, 5) is 11.3. The topological polar surface area (TPSA) is 84.9 Å². The molecule has 1 aromatic rings. The first-order chi connectivity index (χ1) is 10.8. The molecule has 1 aliphatic rings. The fourth-order valence-electron chi connectivity index (χ4n) is 2.47. The van der Waals surface area contributed by atoms with Crippen LogP contribution in [0.1, 0.15) is 13.8 Å². The van der Waals surface area contributed by atoms with Gasteiger partial charge in [-0.15, -0.1) is 0 Å². The largest absolute Gasteiger partial charge is 0.468 e. The van der Waals surface area contributed by atoms with E-state index in [1.165, 1.54) is 23.5 Å². The van der Waals surface area contributed by atoms with E-state index in [1.54, 1.807) is 12.1 Å². The average Bonchev–Trinajstić information content (AvgIpc) is 2.52. The van der Waals surface area contributed by atoms with Crippen LogP contribution in [0.25, 0.3) is 0 Å². The Morgan fingerprint density at radius 1 is 1.26 bits per heavy atom. The summed E-state index contributed by atoms with van der Waals surface area (Å²) in [6.45, 7) is 4.43. The van der Waals surface area contributed by atoms with E-state index in [0.29, 0.717) is 18.8 Å². The van der Waals surface area contributed by atoms with Crippen LogP contribution in [0, 0.1) is 0 Å². The van der Waals surface area contributed by atoms with E-state index in [0.717, 1.165) is 0 Å². The molecule has 2 rings (SSSR count). The lowest BCUT2D eigenvalue weighted by atomic mass is 10.3. The summed E-state index contributed by atoms with van der Waals surface area (Å²) in [6.07, 6.45) is -0.260. The Bertz CT molecular complexity index is 634. The van der Waals surface area contributed by atoms with Gasteiger partial charge in [0.25, 0.3) is 0 Å². The number of esters is 1. The van der Waals surface area contributed by atoms with Crippen molar-refractivity contribution in [2.24, 2.45) is 0 Å². The fourth-order valence-corrected chi connectivity index (χ4v) is 4.06. The minimum Gasteiger partial charge on any atom is -0.468 e. The van der Waals surface area contributed by atoms with Gasteiger partial charge in [0.1, 0.15) is 6.54 Å². The molecular weight excluding hydrogens is 320 g/mol. The molecular formula is C15H22N2O5S. The third-order valence-electron chi connectivity index (χ3n) is 3.54. The standard InChI is InChI=1S/C15H22N2O5S/c1-11-9-17(10-12(2)22-11)23(19,20)14-6-4-13(5-7-14)16-8-15(18)21-3/h4-7,11-12,16H,8-10H2,1-3H3/t11-,12-/m1/s1. The van der Waals surface area contributed by atoms with Crippen LogP contribution in [0.5, 0.6) is 0 Å². The molecule has 0 bridgehead atoms. The minimum atomic E-state index is -3.55. The number of ether oxygens (including phenoxy) is 2. The molecule has 7 nitrogen and oxygen atoms in total. The predicted octanol–water partition coefficient (Wildman–Crippen LogP) is 1.07. The number of rotatable bonds is 5. The summed E-state index contributed by atoms with van der Waals surface area (Å²) in [5.74, 6) is -0.391. The van der Waals surface area contributed by atoms with Gasteiger partial charge in [0.15, 0.2) is 0 Å². The van der Waals surface area contributed by atoms with E-state index in [2.05, 4.69) is 10.1 Å². The Morgan fingerprint density at radius 2 is 1.83 bits per heavy atom. The normalized spacial score (nSPS) is 22.6. The lowest BCUT2D eigenvalue weighted by molar-refractivity contribution is -0.138. The molecule has 0 saturated carbocycles. The highest BCUT2D eigenvalue weighted by atomic mass is 32.2. The number of morpholine rings is 1. The van der Waals surface area contributed by atoms with Crippen LogP contribution >= 0.6 is 0 Å². The molecule has 8 heteroatoms. The molecule has 2 atom stereocenters. The number of carbonyl (C=O) groups is 1. The van der Waals surface area contributed by atoms with Gasteiger partial charge in [-0.3, -0.25) is 4.79 Å². The third-order valence-corrected chi connectivity index (χ3v) is 5.39. The van der Waals surface area contributed by atoms with Crippen molar-refractivity contribution in [1.82, 2.24) is 4.31 Å². The molecule has 1 aliphatic heterocycles. The second-order valence-electron chi connectivity index (χ2n) is 5.53. The van der Waals surface area contributed by atoms with E-state index in [1.807, 2.05) is 13.8 Å². The van der Waals surface area contributed by atoms with Gasteiger partial charge in [-0.2, -0.15) is 4.31 Å². The van der Waals surface area contributed by atoms with Crippen molar-refractivity contribution in [2.45, 2.75) is 31.0 Å². The van der Waals surface area contributed by atoms with Crippen molar-refractivity contribution in [2.75, 3.05) is 32.1 Å². The van der Waals surface area contributed by atoms with Gasteiger partial charge < -0.3 is 14.8 Å². The monoisotopic (exact) mass is 342 g/mol. The van der Waals surface area contributed by atoms with Crippen LogP contribution in [-0.4, -0.2) is 57.6 Å². The third kappa shape index (κ3) is 4.43. The van der Waals surface area contributed by atoms with Crippen molar-refractivity contribution < 1.29 is 22.7 Å². The van der Waals surface area contributed by atoms with Gasteiger partial charge in [0.05, 0.1) is 24.2 Å². The number of anilines is 1. The number of sulfonamides is 1. The summed E-state index contributed by atoms with van der Waals surface area (Å²) in [6, 6.07) is 6.31. The Hall–Kier alpha value is -1.64. The second kappa shape index (κ2) is 7.29. The number of nitrogens with zero attached hydrogens (tertiary/aromatic N) is 1. The zero-order valence-corrected chi connectivity index (χ0v) is 14.3. The van der Waals surface area contributed by atoms with Gasteiger partial charge >= 0.3 is 5.97 Å². The van der Waals surface area contributed by atoms with E-state index in [-0.39, 0.29) is 23.6 Å². The van der Waals surface area contributed by atoms with E-state index in [9.17, 15) is 13.2 Å². The molecule has 0 aliphatic carbocycles. The Labute approximate surface area is 136 Å². The van der Waals surface area contributed by atoms with Crippen molar-refractivity contribution >= 4 is 21.7 Å². The summed E-state index contributed by atoms with van der Waals surface area (Å²) in [5.41, 5.74) is 0.651. The van der Waals surface area contributed by atoms with Crippen molar-refractivity contribution in [3.63, 3.8) is 0 Å². The Balaban J connectivity index is 2.09. The highest BCUT2D eigenvalue weighted by Crippen LogP contribution is 2.22. The zero-order valence-electron chi connectivity index (χ0n) is 13.5. The van der Waals surface area contributed by atoms with Crippen LogP contribution in [-0.2, 0) is 24.3 Å². The molecule has 128 valence electrons. The molecule has 1 N–H and O–H groups in total. The molecule has 1 heterocycles. The van der Waals surface area contributed by atoms with E-state index >= 15 is 0 Å². The molecule has 0 aromatic heterocycles. The first-order valence-electron chi connectivity index (χ1n) is 7.39. The van der Waals surface area contributed by atoms with Crippen molar-refractivity contribution in [1.29, 1.82) is 0 Å². The van der Waals surface area contributed by atoms with Gasteiger partial charge in [-0.1, -0.05) is 0 Å². The molecule has 0 unspecified atom stereocenters. The molecule has 1 saturated heterocycles. The van der Waals surface area contributed by atoms with Gasteiger partial charge in [-0.05, 0) is 38.1 Å². The molecule has 23 heavy (non-hydrogen) atoms. The molecule has 1 fully saturated rings. The quantitative estimate of drug-likeness (QED) is 0.806. The summed E-state index contributed by atoms with van der Waals surface area (Å²) in [5, 5.41) is 2.86. The predicted molar refractivity (Wildman–Crippen MR) is 85.7 cm³/mol. The maximum Gasteiger partial charge on any atom is 0.325 e. The van der Waals surface area contributed by atoms with Crippen molar-refractivity contribution in [3.05, 3.63) is 24.3 Å². The molecule has 0 amide bonds. The number of nitrogens with one attached hydrogen (secondary N) is 1.